The third-order valence-corrected chi connectivity index (χ3v) is 6.30. The van der Waals surface area contributed by atoms with Gasteiger partial charge in [0.1, 0.15) is 11.6 Å². The number of aromatic nitrogens is 1. The van der Waals surface area contributed by atoms with Crippen LogP contribution >= 0.6 is 0 Å². The first kappa shape index (κ1) is 23.0. The number of pyridine rings is 1. The lowest BCUT2D eigenvalue weighted by atomic mass is 9.94. The Bertz CT molecular complexity index is 1080. The maximum Gasteiger partial charge on any atom is 0.246 e. The first-order valence-electron chi connectivity index (χ1n) is 11.2. The van der Waals surface area contributed by atoms with Crippen molar-refractivity contribution in [2.45, 2.75) is 39.3 Å². The van der Waals surface area contributed by atoms with E-state index in [1.54, 1.807) is 11.1 Å². The average Bonchev–Trinajstić information content (AvgIpc) is 2.83. The summed E-state index contributed by atoms with van der Waals surface area (Å²) in [5.74, 6) is -1.41. The molecule has 0 saturated carbocycles. The number of rotatable bonds is 5. The van der Waals surface area contributed by atoms with Gasteiger partial charge >= 0.3 is 0 Å². The summed E-state index contributed by atoms with van der Waals surface area (Å²) in [6, 6.07) is 3.12. The SMILES string of the molecule is Cc1ncc2c(c1CNC(=O)C1CCOCC1)CCN(C(=O)C=Cc1cc(F)ccc1F)C2. The number of hydrogen-bond acceptors (Lipinski definition) is 4. The van der Waals surface area contributed by atoms with Crippen LogP contribution in [0, 0.1) is 24.5 Å². The Kier molecular flexibility index (Phi) is 7.13. The second kappa shape index (κ2) is 10.2. The highest BCUT2D eigenvalue weighted by Gasteiger charge is 2.25. The fourth-order valence-electron chi connectivity index (χ4n) is 4.33. The Morgan fingerprint density at radius 3 is 2.85 bits per heavy atom. The van der Waals surface area contributed by atoms with Gasteiger partial charge in [0.05, 0.1) is 0 Å². The van der Waals surface area contributed by atoms with E-state index in [9.17, 15) is 18.4 Å². The molecule has 1 fully saturated rings. The number of fused-ring (bicyclic) bond motifs is 1. The monoisotopic (exact) mass is 455 g/mol. The maximum atomic E-state index is 13.8. The van der Waals surface area contributed by atoms with Crippen LogP contribution in [-0.2, 0) is 33.8 Å². The molecule has 4 rings (SSSR count). The third-order valence-electron chi connectivity index (χ3n) is 6.30. The molecular weight excluding hydrogens is 428 g/mol. The number of nitrogens with zero attached hydrogens (tertiary/aromatic N) is 2. The molecule has 6 nitrogen and oxygen atoms in total. The highest BCUT2D eigenvalue weighted by Crippen LogP contribution is 2.25. The van der Waals surface area contributed by atoms with Crippen LogP contribution in [0.25, 0.3) is 6.08 Å². The topological polar surface area (TPSA) is 71.5 Å². The summed E-state index contributed by atoms with van der Waals surface area (Å²) in [5, 5.41) is 3.05. The number of amides is 2. The zero-order chi connectivity index (χ0) is 23.4. The molecular formula is C25H27F2N3O3. The second-order valence-electron chi connectivity index (χ2n) is 8.44. The van der Waals surface area contributed by atoms with Crippen LogP contribution in [0.5, 0.6) is 0 Å². The quantitative estimate of drug-likeness (QED) is 0.703. The van der Waals surface area contributed by atoms with Gasteiger partial charge in [0.25, 0.3) is 0 Å². The van der Waals surface area contributed by atoms with Crippen molar-refractivity contribution in [1.82, 2.24) is 15.2 Å². The van der Waals surface area contributed by atoms with E-state index in [1.807, 2.05) is 6.92 Å². The molecule has 1 N–H and O–H groups in total. The average molecular weight is 456 g/mol. The number of carbonyl (C=O) groups excluding carboxylic acids is 2. The third kappa shape index (κ3) is 5.45. The highest BCUT2D eigenvalue weighted by molar-refractivity contribution is 5.92. The zero-order valence-electron chi connectivity index (χ0n) is 18.6. The predicted octanol–water partition coefficient (Wildman–Crippen LogP) is 3.31. The minimum atomic E-state index is -0.587. The van der Waals surface area contributed by atoms with Crippen LogP contribution in [0.4, 0.5) is 8.78 Å². The Hall–Kier alpha value is -3.13. The van der Waals surface area contributed by atoms with Gasteiger partial charge in [-0.05, 0) is 67.2 Å². The van der Waals surface area contributed by atoms with E-state index in [-0.39, 0.29) is 23.3 Å². The van der Waals surface area contributed by atoms with E-state index < -0.39 is 11.6 Å². The Balaban J connectivity index is 1.42. The van der Waals surface area contributed by atoms with Crippen molar-refractivity contribution in [1.29, 1.82) is 0 Å². The molecule has 0 radical (unpaired) electrons. The maximum absolute atomic E-state index is 13.8. The van der Waals surface area contributed by atoms with Crippen LogP contribution < -0.4 is 5.32 Å². The van der Waals surface area contributed by atoms with E-state index in [4.69, 9.17) is 4.74 Å². The number of carbonyl (C=O) groups is 2. The van der Waals surface area contributed by atoms with E-state index >= 15 is 0 Å². The fraction of sp³-hybridized carbons (Fsp3) is 0.400. The van der Waals surface area contributed by atoms with Gasteiger partial charge < -0.3 is 15.0 Å². The Labute approximate surface area is 191 Å². The van der Waals surface area contributed by atoms with E-state index in [0.29, 0.717) is 39.3 Å². The molecule has 0 spiro atoms. The molecule has 1 aromatic heterocycles. The molecule has 2 aliphatic rings. The van der Waals surface area contributed by atoms with Gasteiger partial charge in [0, 0.05) is 62.3 Å². The molecule has 33 heavy (non-hydrogen) atoms. The number of benzene rings is 1. The largest absolute Gasteiger partial charge is 0.381 e. The molecule has 2 aromatic rings. The summed E-state index contributed by atoms with van der Waals surface area (Å²) < 4.78 is 32.5. The molecule has 1 saturated heterocycles. The van der Waals surface area contributed by atoms with Gasteiger partial charge in [-0.15, -0.1) is 0 Å². The van der Waals surface area contributed by atoms with Crippen LogP contribution in [0.2, 0.25) is 0 Å². The van der Waals surface area contributed by atoms with E-state index in [1.165, 1.54) is 12.2 Å². The number of nitrogens with one attached hydrogen (secondary N) is 1. The van der Waals surface area contributed by atoms with Crippen molar-refractivity contribution in [3.8, 4) is 0 Å². The van der Waals surface area contributed by atoms with Crippen molar-refractivity contribution < 1.29 is 23.1 Å². The fourth-order valence-corrected chi connectivity index (χ4v) is 4.33. The molecule has 1 aromatic carbocycles. The summed E-state index contributed by atoms with van der Waals surface area (Å²) in [6.45, 7) is 4.42. The van der Waals surface area contributed by atoms with E-state index in [0.717, 1.165) is 53.4 Å². The zero-order valence-corrected chi connectivity index (χ0v) is 18.6. The lowest BCUT2D eigenvalue weighted by Gasteiger charge is -2.30. The van der Waals surface area contributed by atoms with E-state index in [2.05, 4.69) is 10.3 Å². The molecule has 2 aliphatic heterocycles. The Morgan fingerprint density at radius 1 is 1.27 bits per heavy atom. The summed E-state index contributed by atoms with van der Waals surface area (Å²) in [4.78, 5) is 31.3. The van der Waals surface area contributed by atoms with Crippen LogP contribution in [0.15, 0.2) is 30.5 Å². The highest BCUT2D eigenvalue weighted by atomic mass is 19.1. The second-order valence-corrected chi connectivity index (χ2v) is 8.44. The molecule has 3 heterocycles. The van der Waals surface area contributed by atoms with Crippen LogP contribution in [0.1, 0.15) is 40.8 Å². The molecule has 0 aliphatic carbocycles. The van der Waals surface area contributed by atoms with Gasteiger partial charge in [-0.25, -0.2) is 8.78 Å². The van der Waals surface area contributed by atoms with Crippen molar-refractivity contribution in [2.24, 2.45) is 5.92 Å². The van der Waals surface area contributed by atoms with Gasteiger partial charge in [-0.1, -0.05) is 0 Å². The van der Waals surface area contributed by atoms with Crippen molar-refractivity contribution in [3.05, 3.63) is 70.1 Å². The smallest absolute Gasteiger partial charge is 0.246 e. The summed E-state index contributed by atoms with van der Waals surface area (Å²) in [7, 11) is 0. The summed E-state index contributed by atoms with van der Waals surface area (Å²) in [6.07, 6.45) is 6.43. The number of halogens is 2. The first-order chi connectivity index (χ1) is 15.9. The predicted molar refractivity (Wildman–Crippen MR) is 119 cm³/mol. The molecule has 8 heteroatoms. The Morgan fingerprint density at radius 2 is 2.06 bits per heavy atom. The molecule has 174 valence electrons. The minimum Gasteiger partial charge on any atom is -0.381 e. The van der Waals surface area contributed by atoms with Gasteiger partial charge in [0.2, 0.25) is 11.8 Å². The van der Waals surface area contributed by atoms with Gasteiger partial charge in [0.15, 0.2) is 0 Å². The summed E-state index contributed by atoms with van der Waals surface area (Å²) in [5.41, 5.74) is 3.93. The number of hydrogen-bond donors (Lipinski definition) is 1. The van der Waals surface area contributed by atoms with Gasteiger partial charge in [-0.2, -0.15) is 0 Å². The first-order valence-corrected chi connectivity index (χ1v) is 11.2. The minimum absolute atomic E-state index is 0.0191. The molecule has 0 bridgehead atoms. The lowest BCUT2D eigenvalue weighted by Crippen LogP contribution is -2.37. The standard InChI is InChI=1S/C25H27F2N3O3/c1-16-22(14-29-25(32)17-7-10-33-11-8-17)21-6-9-30(15-19(21)13-28-16)24(31)5-2-18-12-20(26)3-4-23(18)27/h2-5,12-13,17H,6-11,14-15H2,1H3,(H,29,32). The molecule has 0 unspecified atom stereocenters. The number of aryl methyl sites for hydroxylation is 1. The van der Waals surface area contributed by atoms with Crippen LogP contribution in [0.3, 0.4) is 0 Å². The molecule has 2 amide bonds. The van der Waals surface area contributed by atoms with Crippen LogP contribution in [-0.4, -0.2) is 41.5 Å². The van der Waals surface area contributed by atoms with Crippen molar-refractivity contribution in [3.63, 3.8) is 0 Å². The van der Waals surface area contributed by atoms with Crippen molar-refractivity contribution >= 4 is 17.9 Å². The molecule has 0 atom stereocenters. The normalized spacial score (nSPS) is 16.6. The summed E-state index contributed by atoms with van der Waals surface area (Å²) >= 11 is 0. The van der Waals surface area contributed by atoms with Crippen molar-refractivity contribution in [2.75, 3.05) is 19.8 Å². The van der Waals surface area contributed by atoms with Gasteiger partial charge in [-0.3, -0.25) is 14.6 Å². The number of ether oxygens (including phenoxy) is 1. The lowest BCUT2D eigenvalue weighted by molar-refractivity contribution is -0.128.